The number of amides is 2. The van der Waals surface area contributed by atoms with Gasteiger partial charge in [0.25, 0.3) is 0 Å². The van der Waals surface area contributed by atoms with Gasteiger partial charge in [-0.1, -0.05) is 6.92 Å². The first kappa shape index (κ1) is 15.1. The lowest BCUT2D eigenvalue weighted by Gasteiger charge is -2.19. The smallest absolute Gasteiger partial charge is 0.323 e. The minimum absolute atomic E-state index is 0.250. The third-order valence-electron chi connectivity index (χ3n) is 2.22. The summed E-state index contributed by atoms with van der Waals surface area (Å²) in [6, 6.07) is -0.307. The molecule has 0 saturated heterocycles. The zero-order chi connectivity index (χ0) is 12.6. The summed E-state index contributed by atoms with van der Waals surface area (Å²) in [5, 5.41) is 11.8. The van der Waals surface area contributed by atoms with Gasteiger partial charge >= 0.3 is 12.0 Å². The number of thioether (sulfide) groups is 1. The minimum atomic E-state index is -0.991. The molecule has 0 spiro atoms. The molecular formula is C10H20N2O3S. The maximum absolute atomic E-state index is 11.5. The first-order valence-corrected chi connectivity index (χ1v) is 6.57. The van der Waals surface area contributed by atoms with Gasteiger partial charge < -0.3 is 15.3 Å². The second-order valence-corrected chi connectivity index (χ2v) is 4.75. The van der Waals surface area contributed by atoms with E-state index in [1.807, 2.05) is 6.26 Å². The maximum atomic E-state index is 11.5. The van der Waals surface area contributed by atoms with Crippen LogP contribution in [0.4, 0.5) is 4.79 Å². The van der Waals surface area contributed by atoms with E-state index in [9.17, 15) is 9.59 Å². The summed E-state index contributed by atoms with van der Waals surface area (Å²) >= 11 is 1.74. The molecule has 5 nitrogen and oxygen atoms in total. The Kier molecular flexibility index (Phi) is 7.80. The van der Waals surface area contributed by atoms with Crippen molar-refractivity contribution in [3.63, 3.8) is 0 Å². The standard InChI is InChI=1S/C10H20N2O3S/c1-4-12(7-9(13)14)10(15)11-6-5-8(2)16-3/h8H,4-7H2,1-3H3,(H,11,15)(H,13,14). The van der Waals surface area contributed by atoms with E-state index < -0.39 is 5.97 Å². The van der Waals surface area contributed by atoms with E-state index >= 15 is 0 Å². The molecule has 0 aliphatic carbocycles. The number of carboxylic acids is 1. The monoisotopic (exact) mass is 248 g/mol. The van der Waals surface area contributed by atoms with E-state index in [-0.39, 0.29) is 12.6 Å². The summed E-state index contributed by atoms with van der Waals surface area (Å²) in [6.07, 6.45) is 2.91. The number of carbonyl (C=O) groups is 2. The fraction of sp³-hybridized carbons (Fsp3) is 0.800. The first-order chi connectivity index (χ1) is 7.51. The van der Waals surface area contributed by atoms with E-state index in [0.717, 1.165) is 6.42 Å². The Morgan fingerprint density at radius 2 is 2.12 bits per heavy atom. The predicted octanol–water partition coefficient (Wildman–Crippen LogP) is 1.24. The maximum Gasteiger partial charge on any atom is 0.323 e. The molecule has 94 valence electrons. The van der Waals surface area contributed by atoms with E-state index in [2.05, 4.69) is 12.2 Å². The third kappa shape index (κ3) is 6.55. The van der Waals surface area contributed by atoms with Gasteiger partial charge in [-0.2, -0.15) is 11.8 Å². The summed E-state index contributed by atoms with van der Waals surface area (Å²) in [5.41, 5.74) is 0. The van der Waals surface area contributed by atoms with Gasteiger partial charge in [-0.3, -0.25) is 4.79 Å². The molecule has 16 heavy (non-hydrogen) atoms. The van der Waals surface area contributed by atoms with Crippen LogP contribution >= 0.6 is 11.8 Å². The Labute approximate surface area is 101 Å². The quantitative estimate of drug-likeness (QED) is 0.711. The molecule has 1 atom stereocenters. The van der Waals surface area contributed by atoms with Crippen LogP contribution in [-0.4, -0.2) is 53.1 Å². The second-order valence-electron chi connectivity index (χ2n) is 3.47. The molecule has 0 aromatic carbocycles. The van der Waals surface area contributed by atoms with Crippen LogP contribution in [0.3, 0.4) is 0 Å². The van der Waals surface area contributed by atoms with Gasteiger partial charge in [-0.05, 0) is 19.6 Å². The molecule has 2 N–H and O–H groups in total. The van der Waals surface area contributed by atoms with E-state index in [1.165, 1.54) is 4.90 Å². The molecule has 0 heterocycles. The number of hydrogen-bond donors (Lipinski definition) is 2. The normalized spacial score (nSPS) is 11.9. The molecule has 0 aliphatic heterocycles. The van der Waals surface area contributed by atoms with Crippen LogP contribution in [-0.2, 0) is 4.79 Å². The van der Waals surface area contributed by atoms with Crippen molar-refractivity contribution >= 4 is 23.8 Å². The molecule has 0 fully saturated rings. The van der Waals surface area contributed by atoms with Gasteiger partial charge in [-0.25, -0.2) is 4.79 Å². The van der Waals surface area contributed by atoms with E-state index in [4.69, 9.17) is 5.11 Å². The van der Waals surface area contributed by atoms with Crippen molar-refractivity contribution in [3.05, 3.63) is 0 Å². The Morgan fingerprint density at radius 3 is 2.56 bits per heavy atom. The molecule has 1 unspecified atom stereocenters. The number of rotatable bonds is 7. The van der Waals surface area contributed by atoms with E-state index in [1.54, 1.807) is 18.7 Å². The van der Waals surface area contributed by atoms with Crippen LogP contribution in [0, 0.1) is 0 Å². The Bertz CT molecular complexity index is 236. The molecule has 0 bridgehead atoms. The van der Waals surface area contributed by atoms with Crippen molar-refractivity contribution in [2.45, 2.75) is 25.5 Å². The number of carboxylic acid groups (broad SMARTS) is 1. The van der Waals surface area contributed by atoms with Gasteiger partial charge in [0.05, 0.1) is 0 Å². The van der Waals surface area contributed by atoms with Crippen molar-refractivity contribution in [2.24, 2.45) is 0 Å². The van der Waals surface area contributed by atoms with Gasteiger partial charge in [-0.15, -0.1) is 0 Å². The number of nitrogens with one attached hydrogen (secondary N) is 1. The molecule has 0 radical (unpaired) electrons. The van der Waals surface area contributed by atoms with Crippen LogP contribution in [0.5, 0.6) is 0 Å². The van der Waals surface area contributed by atoms with Crippen molar-refractivity contribution in [2.75, 3.05) is 25.9 Å². The van der Waals surface area contributed by atoms with Crippen LogP contribution in [0.25, 0.3) is 0 Å². The molecule has 0 saturated carbocycles. The average molecular weight is 248 g/mol. The topological polar surface area (TPSA) is 69.6 Å². The lowest BCUT2D eigenvalue weighted by atomic mass is 10.3. The third-order valence-corrected chi connectivity index (χ3v) is 3.26. The van der Waals surface area contributed by atoms with Crippen molar-refractivity contribution in [3.8, 4) is 0 Å². The Morgan fingerprint density at radius 1 is 1.50 bits per heavy atom. The van der Waals surface area contributed by atoms with Gasteiger partial charge in [0.1, 0.15) is 6.54 Å². The summed E-state index contributed by atoms with van der Waals surface area (Å²) in [4.78, 5) is 23.3. The molecule has 2 amide bonds. The molecule has 0 aromatic heterocycles. The average Bonchev–Trinajstić information content (AvgIpc) is 2.24. The number of aliphatic carboxylic acids is 1. The first-order valence-electron chi connectivity index (χ1n) is 5.28. The fourth-order valence-electron chi connectivity index (χ4n) is 1.10. The molecular weight excluding hydrogens is 228 g/mol. The zero-order valence-electron chi connectivity index (χ0n) is 10.0. The highest BCUT2D eigenvalue weighted by Gasteiger charge is 2.14. The summed E-state index contributed by atoms with van der Waals surface area (Å²) in [7, 11) is 0. The summed E-state index contributed by atoms with van der Waals surface area (Å²) in [5.74, 6) is -0.991. The summed E-state index contributed by atoms with van der Waals surface area (Å²) < 4.78 is 0. The van der Waals surface area contributed by atoms with Gasteiger partial charge in [0.2, 0.25) is 0 Å². The van der Waals surface area contributed by atoms with E-state index in [0.29, 0.717) is 18.3 Å². The number of hydrogen-bond acceptors (Lipinski definition) is 3. The molecule has 6 heteroatoms. The van der Waals surface area contributed by atoms with Crippen LogP contribution in [0.15, 0.2) is 0 Å². The van der Waals surface area contributed by atoms with Gasteiger partial charge in [0, 0.05) is 18.3 Å². The highest BCUT2D eigenvalue weighted by Crippen LogP contribution is 2.07. The highest BCUT2D eigenvalue weighted by molar-refractivity contribution is 7.99. The van der Waals surface area contributed by atoms with Crippen LogP contribution in [0.2, 0.25) is 0 Å². The lowest BCUT2D eigenvalue weighted by Crippen LogP contribution is -2.43. The highest BCUT2D eigenvalue weighted by atomic mass is 32.2. The number of urea groups is 1. The molecule has 0 aromatic rings. The summed E-state index contributed by atoms with van der Waals surface area (Å²) in [6.45, 7) is 4.58. The fourth-order valence-corrected chi connectivity index (χ4v) is 1.46. The van der Waals surface area contributed by atoms with Gasteiger partial charge in [0.15, 0.2) is 0 Å². The van der Waals surface area contributed by atoms with Crippen LogP contribution < -0.4 is 5.32 Å². The number of nitrogens with zero attached hydrogens (tertiary/aromatic N) is 1. The zero-order valence-corrected chi connectivity index (χ0v) is 10.8. The Balaban J connectivity index is 3.88. The number of likely N-dealkylation sites (N-methyl/N-ethyl adjacent to an activating group) is 1. The van der Waals surface area contributed by atoms with Crippen molar-refractivity contribution in [1.29, 1.82) is 0 Å². The van der Waals surface area contributed by atoms with Crippen molar-refractivity contribution < 1.29 is 14.7 Å². The molecule has 0 rings (SSSR count). The second kappa shape index (κ2) is 8.27. The minimum Gasteiger partial charge on any atom is -0.480 e. The predicted molar refractivity (Wildman–Crippen MR) is 65.9 cm³/mol. The largest absolute Gasteiger partial charge is 0.480 e. The number of carbonyl (C=O) groups excluding carboxylic acids is 1. The van der Waals surface area contributed by atoms with Crippen molar-refractivity contribution in [1.82, 2.24) is 10.2 Å². The van der Waals surface area contributed by atoms with Crippen LogP contribution in [0.1, 0.15) is 20.3 Å². The molecule has 0 aliphatic rings. The Hall–Kier alpha value is -0.910. The SMILES string of the molecule is CCN(CC(=O)O)C(=O)NCCC(C)SC. The lowest BCUT2D eigenvalue weighted by molar-refractivity contribution is -0.137.